The van der Waals surface area contributed by atoms with Gasteiger partial charge in [-0.05, 0) is 92.5 Å². The number of fused-ring (bicyclic) bond motifs is 2. The van der Waals surface area contributed by atoms with E-state index >= 15 is 0 Å². The molecule has 11 heteroatoms. The van der Waals surface area contributed by atoms with Gasteiger partial charge in [0.2, 0.25) is 0 Å². The van der Waals surface area contributed by atoms with Gasteiger partial charge < -0.3 is 15.5 Å². The van der Waals surface area contributed by atoms with Gasteiger partial charge in [0.1, 0.15) is 11.7 Å². The number of sulfone groups is 1. The molecule has 3 N–H and O–H groups in total. The first kappa shape index (κ1) is 27.6. The molecule has 7 nitrogen and oxygen atoms in total. The smallest absolute Gasteiger partial charge is 0.255 e. The number of nitrogens with one attached hydrogen (secondary N) is 1. The lowest BCUT2D eigenvalue weighted by Gasteiger charge is -2.45. The molecule has 2 aliphatic carbocycles. The Kier molecular flexibility index (Phi) is 7.26. The fourth-order valence-corrected chi connectivity index (χ4v) is 8.41. The van der Waals surface area contributed by atoms with Gasteiger partial charge >= 0.3 is 0 Å². The number of halogens is 3. The normalized spacial score (nSPS) is 25.3. The summed E-state index contributed by atoms with van der Waals surface area (Å²) in [7, 11) is -4.04. The van der Waals surface area contributed by atoms with Crippen LogP contribution in [0.25, 0.3) is 0 Å². The van der Waals surface area contributed by atoms with E-state index in [1.807, 2.05) is 6.92 Å². The quantitative estimate of drug-likeness (QED) is 0.380. The van der Waals surface area contributed by atoms with Gasteiger partial charge in [0.25, 0.3) is 5.91 Å². The number of anilines is 1. The van der Waals surface area contributed by atoms with Crippen LogP contribution < -0.4 is 5.32 Å². The Morgan fingerprint density at radius 3 is 2.41 bits per heavy atom. The van der Waals surface area contributed by atoms with Gasteiger partial charge in [-0.1, -0.05) is 11.6 Å². The highest BCUT2D eigenvalue weighted by Gasteiger charge is 2.59. The molecule has 39 heavy (non-hydrogen) atoms. The van der Waals surface area contributed by atoms with E-state index in [1.54, 1.807) is 18.3 Å². The lowest BCUT2D eigenvalue weighted by Crippen LogP contribution is -2.52. The standard InChI is InChI=1S/C28H27ClF2N2O5S/c1-15-8-9-32-24(10-15)26(34)28(36)17-3-4-18(28)13-20(12-17)39(37,38)25-11-16(2-6-21(25)29)27(35)33-19-5-7-22(30)23(31)14-19/h2,5-11,14,17-18,20,26,34,36H,3-4,12-13H2,1H3,(H,33,35)/t17-,18?,20-,26?,28-/m0/s1. The number of aliphatic hydroxyl groups excluding tert-OH is 1. The number of nitrogens with zero attached hydrogens (tertiary/aromatic N) is 1. The van der Waals surface area contributed by atoms with E-state index in [9.17, 15) is 32.2 Å². The molecule has 0 saturated heterocycles. The van der Waals surface area contributed by atoms with E-state index in [2.05, 4.69) is 10.3 Å². The maximum absolute atomic E-state index is 13.8. The third-order valence-corrected chi connectivity index (χ3v) is 10.7. The van der Waals surface area contributed by atoms with Crippen LogP contribution in [0.15, 0.2) is 59.6 Å². The number of carbonyl (C=O) groups is 1. The van der Waals surface area contributed by atoms with Crippen molar-refractivity contribution in [1.29, 1.82) is 0 Å². The van der Waals surface area contributed by atoms with Crippen LogP contribution in [0.5, 0.6) is 0 Å². The fraction of sp³-hybridized carbons (Fsp3) is 0.357. The maximum atomic E-state index is 13.8. The molecule has 2 saturated carbocycles. The Balaban J connectivity index is 1.39. The summed E-state index contributed by atoms with van der Waals surface area (Å²) < 4.78 is 54.3. The molecule has 1 amide bonds. The van der Waals surface area contributed by atoms with Crippen molar-refractivity contribution < 1.29 is 32.2 Å². The molecule has 206 valence electrons. The minimum atomic E-state index is -4.04. The molecule has 3 aromatic rings. The van der Waals surface area contributed by atoms with E-state index in [0.717, 1.165) is 17.7 Å². The van der Waals surface area contributed by atoms with Crippen molar-refractivity contribution in [1.82, 2.24) is 4.98 Å². The number of aliphatic hydroxyl groups is 2. The van der Waals surface area contributed by atoms with Gasteiger partial charge in [0.05, 0.1) is 20.9 Å². The van der Waals surface area contributed by atoms with Crippen molar-refractivity contribution in [2.24, 2.45) is 11.8 Å². The molecule has 0 radical (unpaired) electrons. The van der Waals surface area contributed by atoms with Crippen LogP contribution in [0.4, 0.5) is 14.5 Å². The first-order valence-corrected chi connectivity index (χ1v) is 14.5. The van der Waals surface area contributed by atoms with Crippen molar-refractivity contribution in [3.63, 3.8) is 0 Å². The van der Waals surface area contributed by atoms with E-state index in [1.165, 1.54) is 24.3 Å². The number of rotatable bonds is 6. The Bertz CT molecular complexity index is 1540. The molecule has 2 fully saturated rings. The van der Waals surface area contributed by atoms with Crippen molar-refractivity contribution in [3.05, 3.63) is 88.2 Å². The van der Waals surface area contributed by atoms with Gasteiger partial charge in [-0.3, -0.25) is 9.78 Å². The zero-order valence-electron chi connectivity index (χ0n) is 20.9. The van der Waals surface area contributed by atoms with Gasteiger partial charge in [0.15, 0.2) is 21.5 Å². The second-order valence-electron chi connectivity index (χ2n) is 10.4. The van der Waals surface area contributed by atoms with Gasteiger partial charge in [0, 0.05) is 23.5 Å². The number of amides is 1. The first-order valence-electron chi connectivity index (χ1n) is 12.5. The zero-order valence-corrected chi connectivity index (χ0v) is 22.5. The molecule has 5 atom stereocenters. The van der Waals surface area contributed by atoms with Gasteiger partial charge in [-0.2, -0.15) is 0 Å². The summed E-state index contributed by atoms with van der Waals surface area (Å²) in [6, 6.07) is 10.2. The number of hydrogen-bond acceptors (Lipinski definition) is 6. The monoisotopic (exact) mass is 576 g/mol. The summed E-state index contributed by atoms with van der Waals surface area (Å²) in [5.41, 5.74) is -0.308. The Labute approximate surface area is 229 Å². The number of hydrogen-bond donors (Lipinski definition) is 3. The van der Waals surface area contributed by atoms with Crippen LogP contribution in [0.1, 0.15) is 53.4 Å². The second kappa shape index (κ2) is 10.2. The topological polar surface area (TPSA) is 117 Å². The first-order chi connectivity index (χ1) is 18.4. The highest BCUT2D eigenvalue weighted by Crippen LogP contribution is 2.56. The van der Waals surface area contributed by atoms with Crippen LogP contribution >= 0.6 is 11.6 Å². The third-order valence-electron chi connectivity index (χ3n) is 8.04. The summed E-state index contributed by atoms with van der Waals surface area (Å²) in [4.78, 5) is 16.8. The molecule has 2 unspecified atom stereocenters. The molecule has 1 heterocycles. The molecule has 5 rings (SSSR count). The average Bonchev–Trinajstić information content (AvgIpc) is 3.05. The molecule has 0 aliphatic heterocycles. The largest absolute Gasteiger partial charge is 0.386 e. The van der Waals surface area contributed by atoms with Crippen LogP contribution in [0.2, 0.25) is 5.02 Å². The summed E-state index contributed by atoms with van der Waals surface area (Å²) in [5.74, 6) is -3.88. The molecule has 2 aromatic carbocycles. The number of pyridine rings is 1. The predicted octanol–water partition coefficient (Wildman–Crippen LogP) is 5.00. The van der Waals surface area contributed by atoms with E-state index in [0.29, 0.717) is 18.5 Å². The number of aryl methyl sites for hydroxylation is 1. The molecule has 1 aromatic heterocycles. The minimum Gasteiger partial charge on any atom is -0.386 e. The summed E-state index contributed by atoms with van der Waals surface area (Å²) >= 11 is 6.29. The summed E-state index contributed by atoms with van der Waals surface area (Å²) in [6.45, 7) is 1.86. The molecule has 2 bridgehead atoms. The third kappa shape index (κ3) is 4.95. The van der Waals surface area contributed by atoms with Crippen molar-refractivity contribution >= 4 is 33.0 Å². The summed E-state index contributed by atoms with van der Waals surface area (Å²) in [6.07, 6.45) is 1.64. The minimum absolute atomic E-state index is 0.00283. The lowest BCUT2D eigenvalue weighted by atomic mass is 9.70. The Morgan fingerprint density at radius 1 is 1.08 bits per heavy atom. The second-order valence-corrected chi connectivity index (χ2v) is 13.0. The number of benzene rings is 2. The lowest BCUT2D eigenvalue weighted by molar-refractivity contribution is -0.145. The van der Waals surface area contributed by atoms with Crippen LogP contribution in [-0.2, 0) is 9.84 Å². The Hall–Kier alpha value is -2.92. The number of carbonyl (C=O) groups excluding carboxylic acids is 1. The molecular formula is C28H27ClF2N2O5S. The van der Waals surface area contributed by atoms with Crippen molar-refractivity contribution in [2.75, 3.05) is 5.32 Å². The number of aromatic nitrogens is 1. The van der Waals surface area contributed by atoms with E-state index in [4.69, 9.17) is 11.6 Å². The fourth-order valence-electron chi connectivity index (χ4n) is 6.01. The van der Waals surface area contributed by atoms with E-state index < -0.39 is 56.2 Å². The molecule has 2 aliphatic rings. The highest BCUT2D eigenvalue weighted by molar-refractivity contribution is 7.92. The van der Waals surface area contributed by atoms with Gasteiger partial charge in [-0.15, -0.1) is 0 Å². The predicted molar refractivity (Wildman–Crippen MR) is 141 cm³/mol. The van der Waals surface area contributed by atoms with E-state index in [-0.39, 0.29) is 34.0 Å². The highest BCUT2D eigenvalue weighted by atomic mass is 35.5. The van der Waals surface area contributed by atoms with Crippen molar-refractivity contribution in [3.8, 4) is 0 Å². The van der Waals surface area contributed by atoms with Crippen LogP contribution in [-0.4, -0.2) is 40.4 Å². The van der Waals surface area contributed by atoms with Gasteiger partial charge in [-0.25, -0.2) is 17.2 Å². The van der Waals surface area contributed by atoms with Crippen molar-refractivity contribution in [2.45, 2.75) is 54.5 Å². The Morgan fingerprint density at radius 2 is 1.77 bits per heavy atom. The maximum Gasteiger partial charge on any atom is 0.255 e. The molecule has 0 spiro atoms. The summed E-state index contributed by atoms with van der Waals surface area (Å²) in [5, 5.41) is 24.3. The zero-order chi connectivity index (χ0) is 28.1. The SMILES string of the molecule is Cc1ccnc(C(O)[C@@]2(O)C3CC[C@H]2C[C@H](S(=O)(=O)c2cc(C(=O)Nc4ccc(F)c(F)c4)ccc2Cl)C3)c1. The van der Waals surface area contributed by atoms with Crippen LogP contribution in [0, 0.1) is 30.4 Å². The van der Waals surface area contributed by atoms with Crippen LogP contribution in [0.3, 0.4) is 0 Å². The molecular weight excluding hydrogens is 550 g/mol. The average molecular weight is 577 g/mol.